The van der Waals surface area contributed by atoms with Crippen LogP contribution >= 0.6 is 35.6 Å². The first-order chi connectivity index (χ1) is 12.1. The first-order valence-electron chi connectivity index (χ1n) is 8.62. The standard InChI is InChI=1S/C18H25ClFN3O2.HI/c1-3-25-17(24)13-8-11-23(12-9-13)18(21-2)22-10-7-14-15(19)5-4-6-16(14)20;/h4-6,13H,3,7-12H2,1-2H3,(H,21,22);1H. The van der Waals surface area contributed by atoms with Crippen LogP contribution in [-0.4, -0.2) is 50.1 Å². The maximum atomic E-state index is 13.8. The molecule has 1 aliphatic heterocycles. The number of carbonyl (C=O) groups excluding carboxylic acids is 1. The third kappa shape index (κ3) is 6.26. The van der Waals surface area contributed by atoms with Crippen LogP contribution in [0.1, 0.15) is 25.3 Å². The maximum Gasteiger partial charge on any atom is 0.309 e. The minimum absolute atomic E-state index is 0. The summed E-state index contributed by atoms with van der Waals surface area (Å²) in [6, 6.07) is 4.70. The molecule has 0 unspecified atom stereocenters. The molecule has 0 amide bonds. The lowest BCUT2D eigenvalue weighted by molar-refractivity contribution is -0.149. The Morgan fingerprint density at radius 1 is 1.42 bits per heavy atom. The van der Waals surface area contributed by atoms with Crippen molar-refractivity contribution in [1.82, 2.24) is 10.2 Å². The van der Waals surface area contributed by atoms with Gasteiger partial charge in [-0.1, -0.05) is 17.7 Å². The van der Waals surface area contributed by atoms with E-state index in [0.717, 1.165) is 31.9 Å². The zero-order valence-electron chi connectivity index (χ0n) is 15.1. The summed E-state index contributed by atoms with van der Waals surface area (Å²) in [5, 5.41) is 3.68. The van der Waals surface area contributed by atoms with Gasteiger partial charge < -0.3 is 15.0 Å². The third-order valence-electron chi connectivity index (χ3n) is 4.35. The highest BCUT2D eigenvalue weighted by atomic mass is 127. The SMILES string of the molecule is CCOC(=O)C1CCN(C(=NC)NCCc2c(F)cccc2Cl)CC1.I. The van der Waals surface area contributed by atoms with Gasteiger partial charge in [0, 0.05) is 37.3 Å². The van der Waals surface area contributed by atoms with E-state index >= 15 is 0 Å². The van der Waals surface area contributed by atoms with Gasteiger partial charge in [-0.15, -0.1) is 24.0 Å². The van der Waals surface area contributed by atoms with Crippen LogP contribution in [0.5, 0.6) is 0 Å². The van der Waals surface area contributed by atoms with E-state index < -0.39 is 0 Å². The van der Waals surface area contributed by atoms with Crippen LogP contribution in [0.25, 0.3) is 0 Å². The second kappa shape index (κ2) is 11.6. The summed E-state index contributed by atoms with van der Waals surface area (Å²) >= 11 is 6.05. The number of benzene rings is 1. The molecule has 146 valence electrons. The topological polar surface area (TPSA) is 53.9 Å². The van der Waals surface area contributed by atoms with Crippen molar-refractivity contribution in [3.8, 4) is 0 Å². The number of halogens is 3. The minimum atomic E-state index is -0.292. The first kappa shape index (κ1) is 23.0. The average Bonchev–Trinajstić information content (AvgIpc) is 2.61. The zero-order chi connectivity index (χ0) is 18.2. The van der Waals surface area contributed by atoms with E-state index in [1.165, 1.54) is 6.07 Å². The molecule has 8 heteroatoms. The second-order valence-corrected chi connectivity index (χ2v) is 6.34. The highest BCUT2D eigenvalue weighted by molar-refractivity contribution is 14.0. The molecule has 1 aromatic carbocycles. The molecule has 2 rings (SSSR count). The Labute approximate surface area is 176 Å². The third-order valence-corrected chi connectivity index (χ3v) is 4.70. The van der Waals surface area contributed by atoms with Crippen molar-refractivity contribution in [2.45, 2.75) is 26.2 Å². The summed E-state index contributed by atoms with van der Waals surface area (Å²) in [4.78, 5) is 18.2. The normalized spacial score (nSPS) is 15.4. The lowest BCUT2D eigenvalue weighted by Crippen LogP contribution is -2.47. The van der Waals surface area contributed by atoms with Gasteiger partial charge in [-0.3, -0.25) is 9.79 Å². The van der Waals surface area contributed by atoms with Crippen molar-refractivity contribution >= 4 is 47.5 Å². The molecule has 0 saturated carbocycles. The number of piperidine rings is 1. The Bertz CT molecular complexity index is 602. The molecule has 1 aromatic rings. The number of aliphatic imine (C=N–C) groups is 1. The van der Waals surface area contributed by atoms with Crippen molar-refractivity contribution in [1.29, 1.82) is 0 Å². The molecule has 1 fully saturated rings. The van der Waals surface area contributed by atoms with E-state index in [2.05, 4.69) is 15.2 Å². The van der Waals surface area contributed by atoms with E-state index in [1.807, 2.05) is 6.92 Å². The van der Waals surface area contributed by atoms with E-state index in [0.29, 0.717) is 30.2 Å². The average molecular weight is 498 g/mol. The number of ether oxygens (including phenoxy) is 1. The van der Waals surface area contributed by atoms with Crippen LogP contribution in [0, 0.1) is 11.7 Å². The maximum absolute atomic E-state index is 13.8. The molecular formula is C18H26ClFIN3O2. The van der Waals surface area contributed by atoms with Crippen LogP contribution in [-0.2, 0) is 16.0 Å². The second-order valence-electron chi connectivity index (χ2n) is 5.94. The Morgan fingerprint density at radius 3 is 2.69 bits per heavy atom. The number of guanidine groups is 1. The zero-order valence-corrected chi connectivity index (χ0v) is 18.2. The Morgan fingerprint density at radius 2 is 2.12 bits per heavy atom. The molecule has 5 nitrogen and oxygen atoms in total. The van der Waals surface area contributed by atoms with E-state index in [9.17, 15) is 9.18 Å². The largest absolute Gasteiger partial charge is 0.466 e. The van der Waals surface area contributed by atoms with Crippen LogP contribution in [0.15, 0.2) is 23.2 Å². The van der Waals surface area contributed by atoms with Gasteiger partial charge >= 0.3 is 5.97 Å². The van der Waals surface area contributed by atoms with Crippen LogP contribution < -0.4 is 5.32 Å². The summed E-state index contributed by atoms with van der Waals surface area (Å²) in [7, 11) is 1.72. The van der Waals surface area contributed by atoms with Gasteiger partial charge in [-0.25, -0.2) is 4.39 Å². The first-order valence-corrected chi connectivity index (χ1v) is 8.99. The molecule has 0 atom stereocenters. The number of likely N-dealkylation sites (tertiary alicyclic amines) is 1. The lowest BCUT2D eigenvalue weighted by Gasteiger charge is -2.33. The number of nitrogens with one attached hydrogen (secondary N) is 1. The molecule has 0 radical (unpaired) electrons. The van der Waals surface area contributed by atoms with Crippen LogP contribution in [0.2, 0.25) is 5.02 Å². The molecule has 0 bridgehead atoms. The molecular weight excluding hydrogens is 472 g/mol. The highest BCUT2D eigenvalue weighted by Crippen LogP contribution is 2.20. The van der Waals surface area contributed by atoms with Gasteiger partial charge in [0.2, 0.25) is 0 Å². The summed E-state index contributed by atoms with van der Waals surface area (Å²) in [5.74, 6) is 0.320. The predicted molar refractivity (Wildman–Crippen MR) is 113 cm³/mol. The number of esters is 1. The Hall–Kier alpha value is -1.09. The smallest absolute Gasteiger partial charge is 0.309 e. The van der Waals surface area contributed by atoms with Gasteiger partial charge in [-0.05, 0) is 38.3 Å². The van der Waals surface area contributed by atoms with Crippen molar-refractivity contribution < 1.29 is 13.9 Å². The van der Waals surface area contributed by atoms with Crippen molar-refractivity contribution in [2.24, 2.45) is 10.9 Å². The molecule has 0 aliphatic carbocycles. The molecule has 26 heavy (non-hydrogen) atoms. The summed E-state index contributed by atoms with van der Waals surface area (Å²) < 4.78 is 18.9. The van der Waals surface area contributed by atoms with E-state index in [4.69, 9.17) is 16.3 Å². The molecule has 1 aliphatic rings. The van der Waals surface area contributed by atoms with Crippen molar-refractivity contribution in [3.63, 3.8) is 0 Å². The summed E-state index contributed by atoms with van der Waals surface area (Å²) in [6.45, 7) is 4.25. The molecule has 1 heterocycles. The van der Waals surface area contributed by atoms with Crippen molar-refractivity contribution in [3.05, 3.63) is 34.6 Å². The van der Waals surface area contributed by atoms with Crippen LogP contribution in [0.4, 0.5) is 4.39 Å². The van der Waals surface area contributed by atoms with Gasteiger partial charge in [-0.2, -0.15) is 0 Å². The molecule has 0 spiro atoms. The van der Waals surface area contributed by atoms with Gasteiger partial charge in [0.1, 0.15) is 5.82 Å². The monoisotopic (exact) mass is 497 g/mol. The van der Waals surface area contributed by atoms with Gasteiger partial charge in [0.25, 0.3) is 0 Å². The number of hydrogen-bond acceptors (Lipinski definition) is 3. The van der Waals surface area contributed by atoms with E-state index in [-0.39, 0.29) is 41.7 Å². The Kier molecular flexibility index (Phi) is 10.2. The molecule has 1 saturated heterocycles. The molecule has 1 N–H and O–H groups in total. The molecule has 0 aromatic heterocycles. The number of rotatable bonds is 5. The van der Waals surface area contributed by atoms with Crippen molar-refractivity contribution in [2.75, 3.05) is 33.3 Å². The van der Waals surface area contributed by atoms with Crippen LogP contribution in [0.3, 0.4) is 0 Å². The fourth-order valence-electron chi connectivity index (χ4n) is 2.99. The Balaban J connectivity index is 0.00000338. The fourth-order valence-corrected chi connectivity index (χ4v) is 3.25. The quantitative estimate of drug-likeness (QED) is 0.293. The lowest BCUT2D eigenvalue weighted by atomic mass is 9.97. The van der Waals surface area contributed by atoms with E-state index in [1.54, 1.807) is 19.2 Å². The number of nitrogens with zero attached hydrogens (tertiary/aromatic N) is 2. The minimum Gasteiger partial charge on any atom is -0.466 e. The predicted octanol–water partition coefficient (Wildman–Crippen LogP) is 3.49. The van der Waals surface area contributed by atoms with Gasteiger partial charge in [0.15, 0.2) is 5.96 Å². The summed E-state index contributed by atoms with van der Waals surface area (Å²) in [6.07, 6.45) is 1.97. The fraction of sp³-hybridized carbons (Fsp3) is 0.556. The number of hydrogen-bond donors (Lipinski definition) is 1. The highest BCUT2D eigenvalue weighted by Gasteiger charge is 2.27. The van der Waals surface area contributed by atoms with Gasteiger partial charge in [0.05, 0.1) is 12.5 Å². The summed E-state index contributed by atoms with van der Waals surface area (Å²) in [5.41, 5.74) is 0.508. The number of carbonyl (C=O) groups is 1.